The summed E-state index contributed by atoms with van der Waals surface area (Å²) in [6, 6.07) is 3.59. The number of furan rings is 1. The van der Waals surface area contributed by atoms with Crippen molar-refractivity contribution in [2.24, 2.45) is 5.10 Å². The molecule has 4 nitrogen and oxygen atoms in total. The lowest BCUT2D eigenvalue weighted by Crippen LogP contribution is -2.24. The molecule has 4 rings (SSSR count). The third-order valence-corrected chi connectivity index (χ3v) is 4.82. The first kappa shape index (κ1) is 13.7. The molecule has 116 valence electrons. The van der Waals surface area contributed by atoms with Gasteiger partial charge in [-0.25, -0.2) is 0 Å². The predicted octanol–water partition coefficient (Wildman–Crippen LogP) is 3.84. The molecule has 2 aliphatic rings. The van der Waals surface area contributed by atoms with E-state index >= 15 is 0 Å². The van der Waals surface area contributed by atoms with Crippen LogP contribution in [-0.2, 0) is 12.8 Å². The molecule has 4 heteroatoms. The fourth-order valence-corrected chi connectivity index (χ4v) is 3.64. The number of fused-ring (bicyclic) bond motifs is 3. The van der Waals surface area contributed by atoms with E-state index in [-0.39, 0.29) is 0 Å². The summed E-state index contributed by atoms with van der Waals surface area (Å²) in [5, 5.41) is 18.1. The number of piperidine rings is 1. The van der Waals surface area contributed by atoms with Crippen LogP contribution in [0.3, 0.4) is 0 Å². The summed E-state index contributed by atoms with van der Waals surface area (Å²) < 4.78 is 5.99. The monoisotopic (exact) mass is 298 g/mol. The first-order valence-corrected chi connectivity index (χ1v) is 8.38. The Morgan fingerprint density at radius 1 is 1.05 bits per heavy atom. The zero-order valence-corrected chi connectivity index (χ0v) is 12.8. The van der Waals surface area contributed by atoms with Gasteiger partial charge in [0, 0.05) is 36.0 Å². The van der Waals surface area contributed by atoms with Gasteiger partial charge in [0.25, 0.3) is 0 Å². The van der Waals surface area contributed by atoms with E-state index in [0.717, 1.165) is 48.2 Å². The van der Waals surface area contributed by atoms with Gasteiger partial charge in [0.15, 0.2) is 0 Å². The zero-order valence-electron chi connectivity index (χ0n) is 12.8. The van der Waals surface area contributed by atoms with E-state index in [2.05, 4.69) is 10.1 Å². The molecule has 2 heterocycles. The molecule has 0 atom stereocenters. The van der Waals surface area contributed by atoms with Crippen LogP contribution in [0, 0.1) is 0 Å². The van der Waals surface area contributed by atoms with Gasteiger partial charge in [-0.1, -0.05) is 0 Å². The van der Waals surface area contributed by atoms with Crippen LogP contribution in [0.1, 0.15) is 49.0 Å². The number of aryl methyl sites for hydroxylation is 2. The Balaban J connectivity index is 1.76. The van der Waals surface area contributed by atoms with Crippen LogP contribution in [0.25, 0.3) is 11.0 Å². The summed E-state index contributed by atoms with van der Waals surface area (Å²) in [6.45, 7) is 2.02. The minimum atomic E-state index is 0.294. The van der Waals surface area contributed by atoms with Crippen molar-refractivity contribution >= 4 is 17.2 Å². The molecule has 22 heavy (non-hydrogen) atoms. The molecule has 1 fully saturated rings. The van der Waals surface area contributed by atoms with E-state index in [1.165, 1.54) is 37.7 Å². The third-order valence-electron chi connectivity index (χ3n) is 4.82. The lowest BCUT2D eigenvalue weighted by molar-refractivity contribution is 0.240. The molecule has 0 radical (unpaired) electrons. The van der Waals surface area contributed by atoms with Crippen LogP contribution >= 0.6 is 0 Å². The molecule has 0 bridgehead atoms. The molecule has 1 aromatic heterocycles. The van der Waals surface area contributed by atoms with Crippen molar-refractivity contribution in [3.63, 3.8) is 0 Å². The summed E-state index contributed by atoms with van der Waals surface area (Å²) in [5.74, 6) is 1.39. The average Bonchev–Trinajstić information content (AvgIpc) is 2.94. The maximum absolute atomic E-state index is 10.3. The van der Waals surface area contributed by atoms with E-state index in [4.69, 9.17) is 4.42 Å². The van der Waals surface area contributed by atoms with E-state index in [1.54, 1.807) is 6.07 Å². The Kier molecular flexibility index (Phi) is 3.53. The molecular weight excluding hydrogens is 276 g/mol. The highest BCUT2D eigenvalue weighted by molar-refractivity contribution is 6.02. The van der Waals surface area contributed by atoms with E-state index in [1.807, 2.05) is 12.3 Å². The van der Waals surface area contributed by atoms with Gasteiger partial charge in [-0.2, -0.15) is 5.10 Å². The molecular formula is C18H22N2O2. The fraction of sp³-hybridized carbons (Fsp3) is 0.500. The van der Waals surface area contributed by atoms with E-state index in [0.29, 0.717) is 5.75 Å². The Labute approximate surface area is 130 Å². The largest absolute Gasteiger partial charge is 0.507 e. The molecule has 0 saturated carbocycles. The molecule has 1 N–H and O–H groups in total. The van der Waals surface area contributed by atoms with Crippen LogP contribution in [0.5, 0.6) is 5.75 Å². The summed E-state index contributed by atoms with van der Waals surface area (Å²) in [4.78, 5) is 0. The van der Waals surface area contributed by atoms with Crippen LogP contribution < -0.4 is 0 Å². The number of aromatic hydroxyl groups is 1. The van der Waals surface area contributed by atoms with Gasteiger partial charge in [0.1, 0.15) is 17.1 Å². The van der Waals surface area contributed by atoms with Crippen LogP contribution in [-0.4, -0.2) is 29.4 Å². The van der Waals surface area contributed by atoms with Crippen LogP contribution in [0.15, 0.2) is 21.7 Å². The smallest absolute Gasteiger partial charge is 0.135 e. The first-order valence-electron chi connectivity index (χ1n) is 8.38. The first-order chi connectivity index (χ1) is 10.8. The topological polar surface area (TPSA) is 49.0 Å². The van der Waals surface area contributed by atoms with Crippen molar-refractivity contribution in [1.82, 2.24) is 5.01 Å². The molecule has 2 aromatic rings. The second-order valence-corrected chi connectivity index (χ2v) is 6.34. The fourth-order valence-electron chi connectivity index (χ4n) is 3.64. The number of phenols is 1. The normalized spacial score (nSPS) is 19.0. The highest BCUT2D eigenvalue weighted by Crippen LogP contribution is 2.36. The number of hydrogen-bond donors (Lipinski definition) is 1. The summed E-state index contributed by atoms with van der Waals surface area (Å²) in [5.41, 5.74) is 2.97. The Bertz CT molecular complexity index is 711. The van der Waals surface area contributed by atoms with Crippen molar-refractivity contribution < 1.29 is 9.52 Å². The van der Waals surface area contributed by atoms with Gasteiger partial charge in [0.05, 0.1) is 6.21 Å². The second-order valence-electron chi connectivity index (χ2n) is 6.34. The summed E-state index contributed by atoms with van der Waals surface area (Å²) in [7, 11) is 0. The maximum atomic E-state index is 10.3. The number of hydrogen-bond acceptors (Lipinski definition) is 4. The number of rotatable bonds is 2. The number of benzene rings is 1. The molecule has 0 amide bonds. The average molecular weight is 298 g/mol. The Hall–Kier alpha value is -1.97. The van der Waals surface area contributed by atoms with Crippen molar-refractivity contribution in [3.8, 4) is 5.75 Å². The summed E-state index contributed by atoms with van der Waals surface area (Å²) in [6.07, 6.45) is 9.96. The molecule has 1 aliphatic heterocycles. The van der Waals surface area contributed by atoms with Gasteiger partial charge < -0.3 is 9.52 Å². The van der Waals surface area contributed by atoms with Crippen LogP contribution in [0.4, 0.5) is 0 Å². The molecule has 1 aromatic carbocycles. The second kappa shape index (κ2) is 5.67. The van der Waals surface area contributed by atoms with Crippen molar-refractivity contribution in [2.75, 3.05) is 13.1 Å². The van der Waals surface area contributed by atoms with E-state index < -0.39 is 0 Å². The lowest BCUT2D eigenvalue weighted by atomic mass is 9.94. The van der Waals surface area contributed by atoms with Gasteiger partial charge >= 0.3 is 0 Å². The van der Waals surface area contributed by atoms with Gasteiger partial charge in [-0.3, -0.25) is 5.01 Å². The van der Waals surface area contributed by atoms with Crippen molar-refractivity contribution in [2.45, 2.75) is 44.9 Å². The Morgan fingerprint density at radius 2 is 1.86 bits per heavy atom. The number of hydrazone groups is 1. The number of phenolic OH excluding ortho intramolecular Hbond substituents is 1. The SMILES string of the molecule is Oc1ccc2oc3c(c2c1/C=N\N1CCCCC1)CCCC3. The highest BCUT2D eigenvalue weighted by atomic mass is 16.3. The summed E-state index contributed by atoms with van der Waals surface area (Å²) >= 11 is 0. The minimum Gasteiger partial charge on any atom is -0.507 e. The lowest BCUT2D eigenvalue weighted by Gasteiger charge is -2.23. The van der Waals surface area contributed by atoms with Crippen molar-refractivity contribution in [3.05, 3.63) is 29.0 Å². The van der Waals surface area contributed by atoms with Gasteiger partial charge in [0.2, 0.25) is 0 Å². The van der Waals surface area contributed by atoms with E-state index in [9.17, 15) is 5.11 Å². The Morgan fingerprint density at radius 3 is 2.73 bits per heavy atom. The van der Waals surface area contributed by atoms with Gasteiger partial charge in [-0.05, 0) is 50.7 Å². The minimum absolute atomic E-state index is 0.294. The molecule has 1 aliphatic carbocycles. The molecule has 0 unspecified atom stereocenters. The quantitative estimate of drug-likeness (QED) is 0.857. The van der Waals surface area contributed by atoms with Crippen molar-refractivity contribution in [1.29, 1.82) is 0 Å². The standard InChI is InChI=1S/C18H22N2O2/c21-15-8-9-17-18(13-6-2-3-7-16(13)22-17)14(15)12-19-20-10-4-1-5-11-20/h8-9,12,21H,1-7,10-11H2/b19-12-. The zero-order chi connectivity index (χ0) is 14.9. The number of nitrogens with zero attached hydrogens (tertiary/aromatic N) is 2. The van der Waals surface area contributed by atoms with Crippen LogP contribution in [0.2, 0.25) is 0 Å². The molecule has 1 saturated heterocycles. The molecule has 0 spiro atoms. The predicted molar refractivity (Wildman–Crippen MR) is 87.5 cm³/mol. The maximum Gasteiger partial charge on any atom is 0.135 e. The highest BCUT2D eigenvalue weighted by Gasteiger charge is 2.21. The van der Waals surface area contributed by atoms with Gasteiger partial charge in [-0.15, -0.1) is 0 Å². The third kappa shape index (κ3) is 2.36.